The Labute approximate surface area is 194 Å². The first kappa shape index (κ1) is 21.9. The van der Waals surface area contributed by atoms with E-state index in [1.54, 1.807) is 12.1 Å². The molecule has 3 N–H and O–H groups in total. The van der Waals surface area contributed by atoms with E-state index in [4.69, 9.17) is 21.9 Å². The van der Waals surface area contributed by atoms with Gasteiger partial charge >= 0.3 is 0 Å². The smallest absolute Gasteiger partial charge is 0.264 e. The van der Waals surface area contributed by atoms with E-state index in [1.165, 1.54) is 16.4 Å². The second-order valence-electron chi connectivity index (χ2n) is 7.23. The third-order valence-corrected chi connectivity index (χ3v) is 5.74. The zero-order valence-electron chi connectivity index (χ0n) is 17.7. The number of nitrogen functional groups attached to an aromatic ring is 1. The van der Waals surface area contributed by atoms with Gasteiger partial charge in [0.2, 0.25) is 11.7 Å². The van der Waals surface area contributed by atoms with Crippen LogP contribution in [0, 0.1) is 13.8 Å². The number of halogens is 1. The van der Waals surface area contributed by atoms with Crippen LogP contribution in [0.1, 0.15) is 11.1 Å². The number of hydrogen-bond acceptors (Lipinski definition) is 7. The number of rotatable bonds is 6. The number of nitrogens with zero attached hydrogens (tertiary/aromatic N) is 4. The minimum absolute atomic E-state index is 0.0791. The number of benzene rings is 2. The number of thioether (sulfide) groups is 1. The summed E-state index contributed by atoms with van der Waals surface area (Å²) in [6.07, 6.45) is 1.86. The molecule has 2 heterocycles. The van der Waals surface area contributed by atoms with Crippen molar-refractivity contribution >= 4 is 40.8 Å². The monoisotopic (exact) mass is 468 g/mol. The number of aromatic nitrogens is 4. The van der Waals surface area contributed by atoms with Crippen LogP contribution in [0.25, 0.3) is 22.8 Å². The molecule has 164 valence electrons. The summed E-state index contributed by atoms with van der Waals surface area (Å²) in [5.41, 5.74) is 10.3. The molecule has 10 heteroatoms. The fraction of sp³-hybridized carbons (Fsp3) is 0.182. The molecule has 4 aromatic rings. The summed E-state index contributed by atoms with van der Waals surface area (Å²) >= 11 is 7.42. The Kier molecular flexibility index (Phi) is 6.20. The van der Waals surface area contributed by atoms with Crippen molar-refractivity contribution in [3.05, 3.63) is 58.6 Å². The van der Waals surface area contributed by atoms with E-state index >= 15 is 0 Å². The normalized spacial score (nSPS) is 11.0. The Morgan fingerprint density at radius 1 is 1.25 bits per heavy atom. The number of carbonyl (C=O) groups excluding carboxylic acids is 1. The van der Waals surface area contributed by atoms with Crippen LogP contribution < -0.4 is 11.1 Å². The van der Waals surface area contributed by atoms with E-state index in [1.807, 2.05) is 50.4 Å². The molecule has 0 bridgehead atoms. The molecule has 0 fully saturated rings. The van der Waals surface area contributed by atoms with E-state index in [9.17, 15) is 4.79 Å². The van der Waals surface area contributed by atoms with Gasteiger partial charge in [0.1, 0.15) is 23.0 Å². The second-order valence-corrected chi connectivity index (χ2v) is 8.46. The zero-order valence-corrected chi connectivity index (χ0v) is 19.3. The van der Waals surface area contributed by atoms with Crippen LogP contribution in [-0.2, 0) is 11.3 Å². The Bertz CT molecular complexity index is 1300. The Morgan fingerprint density at radius 2 is 2.06 bits per heavy atom. The number of amides is 1. The van der Waals surface area contributed by atoms with Crippen molar-refractivity contribution in [2.24, 2.45) is 0 Å². The Balaban J connectivity index is 1.60. The molecule has 32 heavy (non-hydrogen) atoms. The summed E-state index contributed by atoms with van der Waals surface area (Å²) in [5.74, 6) is 0.694. The van der Waals surface area contributed by atoms with Gasteiger partial charge in [-0.25, -0.2) is 4.68 Å². The summed E-state index contributed by atoms with van der Waals surface area (Å²) in [6, 6.07) is 13.1. The molecule has 8 nitrogen and oxygen atoms in total. The van der Waals surface area contributed by atoms with Crippen LogP contribution in [0.5, 0.6) is 0 Å². The average Bonchev–Trinajstić information content (AvgIpc) is 3.35. The topological polar surface area (TPSA) is 112 Å². The van der Waals surface area contributed by atoms with Crippen LogP contribution in [-0.4, -0.2) is 32.1 Å². The van der Waals surface area contributed by atoms with Crippen LogP contribution >= 0.6 is 23.4 Å². The van der Waals surface area contributed by atoms with Gasteiger partial charge in [0.15, 0.2) is 0 Å². The molecule has 0 saturated heterocycles. The summed E-state index contributed by atoms with van der Waals surface area (Å²) in [7, 11) is 0. The zero-order chi connectivity index (χ0) is 22.8. The van der Waals surface area contributed by atoms with Crippen LogP contribution in [0.2, 0.25) is 5.02 Å². The maximum Gasteiger partial charge on any atom is 0.264 e. The first-order chi connectivity index (χ1) is 15.4. The first-order valence-electron chi connectivity index (χ1n) is 9.73. The molecule has 0 radical (unpaired) electrons. The molecule has 0 saturated carbocycles. The van der Waals surface area contributed by atoms with Crippen molar-refractivity contribution < 1.29 is 9.32 Å². The van der Waals surface area contributed by atoms with Gasteiger partial charge in [0.05, 0.1) is 0 Å². The predicted octanol–water partition coefficient (Wildman–Crippen LogP) is 4.81. The molecule has 0 aliphatic rings. The van der Waals surface area contributed by atoms with Crippen molar-refractivity contribution in [3.63, 3.8) is 0 Å². The quantitative estimate of drug-likeness (QED) is 0.390. The third kappa shape index (κ3) is 4.49. The molecule has 0 aliphatic carbocycles. The van der Waals surface area contributed by atoms with Gasteiger partial charge in [-0.1, -0.05) is 46.6 Å². The molecule has 2 aromatic heterocycles. The number of anilines is 2. The minimum atomic E-state index is -0.283. The molecule has 0 spiro atoms. The third-order valence-electron chi connectivity index (χ3n) is 4.84. The van der Waals surface area contributed by atoms with Gasteiger partial charge < -0.3 is 15.6 Å². The standard InChI is InChI=1S/C22H21ClN6O2S/c1-12-5-4-6-14(9-12)20-26-21(31-28-20)18-19(24)29(27-22(18)32-3)11-17(30)25-16-10-15(23)8-7-13(16)2/h4-10H,11,24H2,1-3H3,(H,25,30). The summed E-state index contributed by atoms with van der Waals surface area (Å²) < 4.78 is 6.91. The lowest BCUT2D eigenvalue weighted by atomic mass is 10.1. The summed E-state index contributed by atoms with van der Waals surface area (Å²) in [5, 5.41) is 12.5. The highest BCUT2D eigenvalue weighted by Crippen LogP contribution is 2.35. The number of aryl methyl sites for hydroxylation is 2. The van der Waals surface area contributed by atoms with Gasteiger partial charge in [0.25, 0.3) is 5.89 Å². The van der Waals surface area contributed by atoms with Crippen LogP contribution in [0.4, 0.5) is 11.5 Å². The second kappa shape index (κ2) is 9.05. The molecule has 0 atom stereocenters. The first-order valence-corrected chi connectivity index (χ1v) is 11.3. The van der Waals surface area contributed by atoms with Crippen molar-refractivity contribution in [1.82, 2.24) is 19.9 Å². The van der Waals surface area contributed by atoms with Crippen molar-refractivity contribution in [3.8, 4) is 22.8 Å². The van der Waals surface area contributed by atoms with Crippen LogP contribution in [0.15, 0.2) is 52.0 Å². The highest BCUT2D eigenvalue weighted by molar-refractivity contribution is 7.98. The number of nitrogens with two attached hydrogens (primary N) is 1. The molecular formula is C22H21ClN6O2S. The van der Waals surface area contributed by atoms with E-state index < -0.39 is 0 Å². The number of nitrogens with one attached hydrogen (secondary N) is 1. The van der Waals surface area contributed by atoms with E-state index in [2.05, 4.69) is 20.6 Å². The predicted molar refractivity (Wildman–Crippen MR) is 127 cm³/mol. The molecule has 0 unspecified atom stereocenters. The largest absolute Gasteiger partial charge is 0.383 e. The average molecular weight is 469 g/mol. The fourth-order valence-corrected chi connectivity index (χ4v) is 3.95. The summed E-state index contributed by atoms with van der Waals surface area (Å²) in [4.78, 5) is 17.1. The lowest BCUT2D eigenvalue weighted by Crippen LogP contribution is -2.21. The van der Waals surface area contributed by atoms with Gasteiger partial charge in [-0.3, -0.25) is 4.79 Å². The SMILES string of the molecule is CSc1nn(CC(=O)Nc2cc(Cl)ccc2C)c(N)c1-c1nc(-c2cccc(C)c2)no1. The van der Waals surface area contributed by atoms with Gasteiger partial charge in [-0.2, -0.15) is 10.1 Å². The highest BCUT2D eigenvalue weighted by atomic mass is 35.5. The van der Waals surface area contributed by atoms with Gasteiger partial charge in [0, 0.05) is 16.3 Å². The Hall–Kier alpha value is -3.30. The maximum atomic E-state index is 12.6. The lowest BCUT2D eigenvalue weighted by Gasteiger charge is -2.09. The molecule has 1 amide bonds. The number of hydrogen-bond donors (Lipinski definition) is 2. The summed E-state index contributed by atoms with van der Waals surface area (Å²) in [6.45, 7) is 3.80. The molecule has 2 aromatic carbocycles. The van der Waals surface area contributed by atoms with Gasteiger partial charge in [-0.15, -0.1) is 11.8 Å². The molecular weight excluding hydrogens is 448 g/mol. The molecule has 0 aliphatic heterocycles. The van der Waals surface area contributed by atoms with Crippen molar-refractivity contribution in [2.45, 2.75) is 25.4 Å². The van der Waals surface area contributed by atoms with E-state index in [0.717, 1.165) is 16.7 Å². The van der Waals surface area contributed by atoms with Crippen molar-refractivity contribution in [1.29, 1.82) is 0 Å². The maximum absolute atomic E-state index is 12.6. The molecule has 4 rings (SSSR count). The lowest BCUT2D eigenvalue weighted by molar-refractivity contribution is -0.116. The number of carbonyl (C=O) groups is 1. The van der Waals surface area contributed by atoms with E-state index in [0.29, 0.717) is 27.1 Å². The van der Waals surface area contributed by atoms with E-state index in [-0.39, 0.29) is 24.2 Å². The van der Waals surface area contributed by atoms with Gasteiger partial charge in [-0.05, 0) is 43.9 Å². The fourth-order valence-electron chi connectivity index (χ4n) is 3.20. The Morgan fingerprint density at radius 3 is 2.81 bits per heavy atom. The van der Waals surface area contributed by atoms with Crippen molar-refractivity contribution in [2.75, 3.05) is 17.3 Å². The highest BCUT2D eigenvalue weighted by Gasteiger charge is 2.24. The van der Waals surface area contributed by atoms with Crippen LogP contribution in [0.3, 0.4) is 0 Å². The minimum Gasteiger partial charge on any atom is -0.383 e.